The molecule has 6 heteroatoms. The first-order valence-corrected chi connectivity index (χ1v) is 5.55. The van der Waals surface area contributed by atoms with Crippen molar-refractivity contribution in [3.8, 4) is 0 Å². The largest absolute Gasteiger partial charge is 0.478 e. The van der Waals surface area contributed by atoms with Crippen molar-refractivity contribution in [3.63, 3.8) is 0 Å². The molecule has 0 saturated carbocycles. The lowest BCUT2D eigenvalue weighted by Crippen LogP contribution is -2.33. The zero-order valence-electron chi connectivity index (χ0n) is 10.4. The molecular weight excluding hydrogens is 234 g/mol. The summed E-state index contributed by atoms with van der Waals surface area (Å²) >= 11 is 0. The number of carbonyl (C=O) groups is 2. The lowest BCUT2D eigenvalue weighted by atomic mass is 10.0. The summed E-state index contributed by atoms with van der Waals surface area (Å²) in [4.78, 5) is 22.6. The molecule has 0 atom stereocenters. The molecule has 0 unspecified atom stereocenters. The number of aromatic carboxylic acids is 1. The van der Waals surface area contributed by atoms with Gasteiger partial charge in [0, 0.05) is 13.1 Å². The molecule has 0 aliphatic carbocycles. The summed E-state index contributed by atoms with van der Waals surface area (Å²) in [5, 5.41) is 14.2. The van der Waals surface area contributed by atoms with Crippen molar-refractivity contribution in [1.82, 2.24) is 5.32 Å². The standard InChI is InChI=1S/C12H17N3O3/c1-7-5-8(2)10(9(6-7)11(16)17)15-12(18)14-4-3-13/h5-6H,3-4,13H2,1-2H3,(H,16,17)(H2,14,15,18). The van der Waals surface area contributed by atoms with Crippen LogP contribution in [0.15, 0.2) is 12.1 Å². The van der Waals surface area contributed by atoms with Crippen molar-refractivity contribution in [2.75, 3.05) is 18.4 Å². The average molecular weight is 251 g/mol. The number of urea groups is 1. The zero-order valence-corrected chi connectivity index (χ0v) is 10.4. The van der Waals surface area contributed by atoms with Crippen LogP contribution in [0.1, 0.15) is 21.5 Å². The zero-order chi connectivity index (χ0) is 13.7. The van der Waals surface area contributed by atoms with Crippen LogP contribution in [-0.2, 0) is 0 Å². The highest BCUT2D eigenvalue weighted by Gasteiger charge is 2.15. The highest BCUT2D eigenvalue weighted by molar-refractivity contribution is 6.01. The molecule has 2 amide bonds. The summed E-state index contributed by atoms with van der Waals surface area (Å²) < 4.78 is 0. The monoisotopic (exact) mass is 251 g/mol. The normalized spacial score (nSPS) is 9.94. The molecule has 0 spiro atoms. The summed E-state index contributed by atoms with van der Waals surface area (Å²) in [7, 11) is 0. The molecule has 1 aromatic rings. The Kier molecular flexibility index (Phi) is 4.67. The van der Waals surface area contributed by atoms with Crippen molar-refractivity contribution in [2.24, 2.45) is 5.73 Å². The van der Waals surface area contributed by atoms with Gasteiger partial charge in [-0.05, 0) is 31.0 Å². The molecule has 1 rings (SSSR count). The number of amides is 2. The second kappa shape index (κ2) is 6.02. The molecule has 98 valence electrons. The minimum absolute atomic E-state index is 0.0791. The number of anilines is 1. The van der Waals surface area contributed by atoms with Crippen LogP contribution in [0.2, 0.25) is 0 Å². The van der Waals surface area contributed by atoms with Crippen LogP contribution in [0.5, 0.6) is 0 Å². The maximum atomic E-state index is 11.5. The number of rotatable bonds is 4. The lowest BCUT2D eigenvalue weighted by Gasteiger charge is -2.13. The Balaban J connectivity index is 3.00. The Bertz CT molecular complexity index is 472. The Hall–Kier alpha value is -2.08. The fourth-order valence-electron chi connectivity index (χ4n) is 1.65. The molecule has 0 radical (unpaired) electrons. The number of nitrogens with one attached hydrogen (secondary N) is 2. The van der Waals surface area contributed by atoms with Gasteiger partial charge in [0.25, 0.3) is 0 Å². The van der Waals surface area contributed by atoms with E-state index in [0.717, 1.165) is 5.56 Å². The number of carbonyl (C=O) groups excluding carboxylic acids is 1. The number of hydrogen-bond acceptors (Lipinski definition) is 3. The van der Waals surface area contributed by atoms with E-state index in [9.17, 15) is 9.59 Å². The summed E-state index contributed by atoms with van der Waals surface area (Å²) in [6, 6.07) is 2.87. The van der Waals surface area contributed by atoms with E-state index in [4.69, 9.17) is 10.8 Å². The smallest absolute Gasteiger partial charge is 0.337 e. The second-order valence-corrected chi connectivity index (χ2v) is 3.98. The maximum Gasteiger partial charge on any atom is 0.337 e. The minimum atomic E-state index is -1.07. The summed E-state index contributed by atoms with van der Waals surface area (Å²) in [6.45, 7) is 4.21. The number of hydrogen-bond donors (Lipinski definition) is 4. The van der Waals surface area contributed by atoms with E-state index in [-0.39, 0.29) is 5.56 Å². The van der Waals surface area contributed by atoms with Crippen molar-refractivity contribution in [3.05, 3.63) is 28.8 Å². The molecular formula is C12H17N3O3. The van der Waals surface area contributed by atoms with Gasteiger partial charge in [-0.25, -0.2) is 9.59 Å². The van der Waals surface area contributed by atoms with E-state index in [2.05, 4.69) is 10.6 Å². The fourth-order valence-corrected chi connectivity index (χ4v) is 1.65. The highest BCUT2D eigenvalue weighted by Crippen LogP contribution is 2.22. The van der Waals surface area contributed by atoms with Gasteiger partial charge in [0.05, 0.1) is 11.3 Å². The van der Waals surface area contributed by atoms with Crippen molar-refractivity contribution in [2.45, 2.75) is 13.8 Å². The molecule has 0 aliphatic heterocycles. The Morgan fingerprint density at radius 3 is 2.56 bits per heavy atom. The molecule has 6 nitrogen and oxygen atoms in total. The summed E-state index contributed by atoms with van der Waals surface area (Å²) in [5.41, 5.74) is 7.18. The van der Waals surface area contributed by atoms with E-state index < -0.39 is 12.0 Å². The van der Waals surface area contributed by atoms with Gasteiger partial charge in [0.1, 0.15) is 0 Å². The van der Waals surface area contributed by atoms with E-state index >= 15 is 0 Å². The van der Waals surface area contributed by atoms with Crippen LogP contribution in [0, 0.1) is 13.8 Å². The molecule has 1 aromatic carbocycles. The number of carboxylic acid groups (broad SMARTS) is 1. The van der Waals surface area contributed by atoms with Gasteiger partial charge in [0.15, 0.2) is 0 Å². The molecule has 0 bridgehead atoms. The van der Waals surface area contributed by atoms with Crippen molar-refractivity contribution >= 4 is 17.7 Å². The predicted molar refractivity (Wildman–Crippen MR) is 69.0 cm³/mol. The molecule has 0 saturated heterocycles. The quantitative estimate of drug-likeness (QED) is 0.642. The van der Waals surface area contributed by atoms with Crippen molar-refractivity contribution in [1.29, 1.82) is 0 Å². The predicted octanol–water partition coefficient (Wildman–Crippen LogP) is 1.08. The second-order valence-electron chi connectivity index (χ2n) is 3.98. The maximum absolute atomic E-state index is 11.5. The molecule has 0 heterocycles. The van der Waals surface area contributed by atoms with Gasteiger partial charge in [0.2, 0.25) is 0 Å². The van der Waals surface area contributed by atoms with Crippen LogP contribution < -0.4 is 16.4 Å². The first-order chi connectivity index (χ1) is 8.45. The molecule has 0 aliphatic rings. The third-order valence-electron chi connectivity index (χ3n) is 2.38. The van der Waals surface area contributed by atoms with Gasteiger partial charge >= 0.3 is 12.0 Å². The van der Waals surface area contributed by atoms with Crippen LogP contribution in [-0.4, -0.2) is 30.2 Å². The highest BCUT2D eigenvalue weighted by atomic mass is 16.4. The number of nitrogens with two attached hydrogens (primary N) is 1. The molecule has 18 heavy (non-hydrogen) atoms. The minimum Gasteiger partial charge on any atom is -0.478 e. The first-order valence-electron chi connectivity index (χ1n) is 5.55. The Morgan fingerprint density at radius 1 is 1.33 bits per heavy atom. The number of aryl methyl sites for hydroxylation is 2. The van der Waals surface area contributed by atoms with Gasteiger partial charge in [-0.15, -0.1) is 0 Å². The average Bonchev–Trinajstić information content (AvgIpc) is 2.29. The third-order valence-corrected chi connectivity index (χ3v) is 2.38. The molecule has 5 N–H and O–H groups in total. The van der Waals surface area contributed by atoms with Crippen LogP contribution in [0.4, 0.5) is 10.5 Å². The van der Waals surface area contributed by atoms with E-state index in [1.54, 1.807) is 13.8 Å². The third kappa shape index (κ3) is 3.46. The van der Waals surface area contributed by atoms with E-state index in [1.165, 1.54) is 6.07 Å². The van der Waals surface area contributed by atoms with Gasteiger partial charge in [-0.1, -0.05) is 6.07 Å². The first kappa shape index (κ1) is 14.0. The number of carboxylic acids is 1. The molecule has 0 fully saturated rings. The van der Waals surface area contributed by atoms with Gasteiger partial charge < -0.3 is 21.5 Å². The summed E-state index contributed by atoms with van der Waals surface area (Å²) in [6.07, 6.45) is 0. The van der Waals surface area contributed by atoms with E-state index in [1.807, 2.05) is 6.07 Å². The van der Waals surface area contributed by atoms with Crippen LogP contribution in [0.25, 0.3) is 0 Å². The summed E-state index contributed by atoms with van der Waals surface area (Å²) in [5.74, 6) is -1.07. The van der Waals surface area contributed by atoms with Crippen molar-refractivity contribution < 1.29 is 14.7 Å². The fraction of sp³-hybridized carbons (Fsp3) is 0.333. The Labute approximate surface area is 105 Å². The van der Waals surface area contributed by atoms with Gasteiger partial charge in [-0.3, -0.25) is 0 Å². The van der Waals surface area contributed by atoms with Crippen LogP contribution in [0.3, 0.4) is 0 Å². The van der Waals surface area contributed by atoms with Gasteiger partial charge in [-0.2, -0.15) is 0 Å². The molecule has 0 aromatic heterocycles. The van der Waals surface area contributed by atoms with E-state index in [0.29, 0.717) is 24.3 Å². The topological polar surface area (TPSA) is 104 Å². The SMILES string of the molecule is Cc1cc(C)c(NC(=O)NCCN)c(C(=O)O)c1. The van der Waals surface area contributed by atoms with Crippen LogP contribution >= 0.6 is 0 Å². The Morgan fingerprint density at radius 2 is 2.00 bits per heavy atom. The number of benzene rings is 1. The lowest BCUT2D eigenvalue weighted by molar-refractivity contribution is 0.0698.